The van der Waals surface area contributed by atoms with Gasteiger partial charge in [-0.05, 0) is 26.9 Å². The van der Waals surface area contributed by atoms with Crippen LogP contribution in [-0.2, 0) is 32.6 Å². The fourth-order valence-corrected chi connectivity index (χ4v) is 2.25. The van der Waals surface area contributed by atoms with Crippen LogP contribution in [0.4, 0.5) is 0 Å². The lowest BCUT2D eigenvalue weighted by atomic mass is 10.1. The van der Waals surface area contributed by atoms with Gasteiger partial charge in [0, 0.05) is 38.2 Å². The van der Waals surface area contributed by atoms with E-state index < -0.39 is 29.9 Å². The second-order valence-corrected chi connectivity index (χ2v) is 7.33. The fraction of sp³-hybridized carbons (Fsp3) is 0.650. The normalized spacial score (nSPS) is 10.9. The number of carboxylic acid groups (broad SMARTS) is 4. The van der Waals surface area contributed by atoms with Gasteiger partial charge < -0.3 is 30.7 Å². The molecule has 0 unspecified atom stereocenters. The van der Waals surface area contributed by atoms with E-state index in [1.165, 1.54) is 0 Å². The molecule has 0 amide bonds. The predicted molar refractivity (Wildman–Crippen MR) is 116 cm³/mol. The van der Waals surface area contributed by atoms with E-state index in [1.807, 2.05) is 0 Å². The summed E-state index contributed by atoms with van der Waals surface area (Å²) in [5.41, 5.74) is 6.16. The maximum absolute atomic E-state index is 10.4. The van der Waals surface area contributed by atoms with Gasteiger partial charge in [-0.25, -0.2) is 4.98 Å². The number of aromatic nitrogens is 2. The minimum atomic E-state index is -0.990. The molecule has 12 nitrogen and oxygen atoms in total. The second kappa shape index (κ2) is 18.8. The Morgan fingerprint density at radius 2 is 1.41 bits per heavy atom. The summed E-state index contributed by atoms with van der Waals surface area (Å²) >= 11 is 0. The van der Waals surface area contributed by atoms with Gasteiger partial charge in [-0.15, -0.1) is 0 Å². The van der Waals surface area contributed by atoms with E-state index in [0.29, 0.717) is 19.3 Å². The fourth-order valence-electron chi connectivity index (χ4n) is 2.25. The molecule has 0 aliphatic heterocycles. The number of likely N-dealkylation sites (N-methyl/N-ethyl adjacent to an activating group) is 1. The van der Waals surface area contributed by atoms with E-state index in [-0.39, 0.29) is 19.4 Å². The van der Waals surface area contributed by atoms with E-state index in [0.717, 1.165) is 25.0 Å². The molecule has 0 aromatic carbocycles. The number of nitrogens with zero attached hydrogens (tertiary/aromatic N) is 3. The number of hydrogen-bond donors (Lipinski definition) is 5. The molecular formula is C20H36N4O8. The minimum Gasteiger partial charge on any atom is -0.481 e. The molecular weight excluding hydrogens is 424 g/mol. The Hall–Kier alpha value is -2.99. The van der Waals surface area contributed by atoms with Gasteiger partial charge in [0.05, 0.1) is 12.9 Å². The van der Waals surface area contributed by atoms with Crippen LogP contribution in [0.25, 0.3) is 0 Å². The molecule has 0 saturated heterocycles. The van der Waals surface area contributed by atoms with Crippen molar-refractivity contribution in [1.82, 2.24) is 14.5 Å². The first kappa shape index (κ1) is 31.2. The Balaban J connectivity index is 0. The molecule has 1 rings (SSSR count). The molecule has 0 radical (unpaired) electrons. The number of unbranched alkanes of at least 4 members (excludes halogenated alkanes) is 4. The number of nitrogens with two attached hydrogens (primary N) is 1. The van der Waals surface area contributed by atoms with Crippen molar-refractivity contribution in [3.05, 3.63) is 18.2 Å². The Labute approximate surface area is 187 Å². The molecule has 6 N–H and O–H groups in total. The topological polar surface area (TPSA) is 196 Å². The Bertz CT molecular complexity index is 673. The molecule has 1 atom stereocenters. The summed E-state index contributed by atoms with van der Waals surface area (Å²) in [6.45, 7) is 0.111. The smallest absolute Gasteiger partial charge is 0.320 e. The molecule has 1 aromatic heterocycles. The summed E-state index contributed by atoms with van der Waals surface area (Å²) in [6.07, 6.45) is 8.07. The van der Waals surface area contributed by atoms with Crippen molar-refractivity contribution >= 4 is 23.9 Å². The highest BCUT2D eigenvalue weighted by Crippen LogP contribution is 2.06. The van der Waals surface area contributed by atoms with Gasteiger partial charge in [-0.2, -0.15) is 0 Å². The summed E-state index contributed by atoms with van der Waals surface area (Å²) in [4.78, 5) is 45.8. The Morgan fingerprint density at radius 3 is 1.69 bits per heavy atom. The van der Waals surface area contributed by atoms with Crippen LogP contribution in [0.15, 0.2) is 12.5 Å². The lowest BCUT2D eigenvalue weighted by Gasteiger charge is -2.05. The molecule has 0 aliphatic rings. The van der Waals surface area contributed by atoms with E-state index in [4.69, 9.17) is 26.2 Å². The van der Waals surface area contributed by atoms with Crippen molar-refractivity contribution in [3.63, 3.8) is 0 Å². The number of imidazole rings is 1. The molecule has 0 bridgehead atoms. The van der Waals surface area contributed by atoms with Gasteiger partial charge in [0.1, 0.15) is 6.04 Å². The van der Waals surface area contributed by atoms with Crippen molar-refractivity contribution < 1.29 is 39.6 Å². The van der Waals surface area contributed by atoms with Crippen LogP contribution < -0.4 is 5.73 Å². The van der Waals surface area contributed by atoms with Crippen LogP contribution in [0.2, 0.25) is 0 Å². The number of aryl methyl sites for hydroxylation is 1. The van der Waals surface area contributed by atoms with Crippen molar-refractivity contribution in [2.75, 3.05) is 20.6 Å². The third-order valence-corrected chi connectivity index (χ3v) is 3.90. The first-order chi connectivity index (χ1) is 14.9. The maximum atomic E-state index is 10.4. The molecule has 12 heteroatoms. The third-order valence-electron chi connectivity index (χ3n) is 3.90. The predicted octanol–water partition coefficient (Wildman–Crippen LogP) is 0.893. The Morgan fingerprint density at radius 1 is 0.938 bits per heavy atom. The van der Waals surface area contributed by atoms with Gasteiger partial charge in [-0.1, -0.05) is 19.3 Å². The monoisotopic (exact) mass is 460 g/mol. The van der Waals surface area contributed by atoms with Crippen LogP contribution in [0.1, 0.15) is 50.6 Å². The molecule has 32 heavy (non-hydrogen) atoms. The van der Waals surface area contributed by atoms with E-state index in [2.05, 4.69) is 4.98 Å². The summed E-state index contributed by atoms with van der Waals surface area (Å²) in [7, 11) is 5.24. The average molecular weight is 461 g/mol. The van der Waals surface area contributed by atoms with E-state index in [1.54, 1.807) is 43.1 Å². The molecule has 0 spiro atoms. The highest BCUT2D eigenvalue weighted by Gasteiger charge is 2.13. The minimum absolute atomic E-state index is 0.111. The largest absolute Gasteiger partial charge is 0.481 e. The zero-order chi connectivity index (χ0) is 25.1. The maximum Gasteiger partial charge on any atom is 0.320 e. The van der Waals surface area contributed by atoms with Gasteiger partial charge >= 0.3 is 23.9 Å². The van der Waals surface area contributed by atoms with Crippen molar-refractivity contribution in [2.24, 2.45) is 12.8 Å². The zero-order valence-corrected chi connectivity index (χ0v) is 18.9. The zero-order valence-electron chi connectivity index (χ0n) is 18.9. The standard InChI is InChI=1S/C9H16O4.C7H11N3O2.C4H9NO2/c10-8(11)6-4-2-1-3-5-7-9(12)13;1-10-4-9-3-5(10)2-6(8)7(11)12;1-5(2)3-4(6)7/h1-7H2,(H,10,11)(H,12,13);3-4,6H,2,8H2,1H3,(H,11,12);3H2,1-2H3,(H,6,7)/t;6-;/m.0./s1. The third kappa shape index (κ3) is 21.7. The highest BCUT2D eigenvalue weighted by molar-refractivity contribution is 5.73. The number of rotatable bonds is 13. The second-order valence-electron chi connectivity index (χ2n) is 7.33. The van der Waals surface area contributed by atoms with Crippen LogP contribution in [0.3, 0.4) is 0 Å². The quantitative estimate of drug-likeness (QED) is 0.262. The molecule has 1 heterocycles. The van der Waals surface area contributed by atoms with Crippen molar-refractivity contribution in [1.29, 1.82) is 0 Å². The molecule has 184 valence electrons. The molecule has 0 aliphatic carbocycles. The number of carboxylic acids is 4. The van der Waals surface area contributed by atoms with Crippen molar-refractivity contribution in [3.8, 4) is 0 Å². The SMILES string of the molecule is CN(C)CC(=O)O.Cn1cncc1C[C@H](N)C(=O)O.O=C(O)CCCCCCCC(=O)O. The van der Waals surface area contributed by atoms with Crippen LogP contribution in [-0.4, -0.2) is 85.4 Å². The van der Waals surface area contributed by atoms with Gasteiger partial charge in [0.25, 0.3) is 0 Å². The molecule has 0 saturated carbocycles. The van der Waals surface area contributed by atoms with Crippen molar-refractivity contribution in [2.45, 2.75) is 57.4 Å². The van der Waals surface area contributed by atoms with Gasteiger partial charge in [0.2, 0.25) is 0 Å². The van der Waals surface area contributed by atoms with Gasteiger partial charge in [-0.3, -0.25) is 24.1 Å². The first-order valence-corrected chi connectivity index (χ1v) is 10.1. The lowest BCUT2D eigenvalue weighted by molar-refractivity contribution is -0.139. The number of aliphatic carboxylic acids is 4. The Kier molecular flexibility index (Phi) is 18.3. The van der Waals surface area contributed by atoms with Crippen LogP contribution in [0.5, 0.6) is 0 Å². The number of hydrogen-bond acceptors (Lipinski definition) is 7. The summed E-state index contributed by atoms with van der Waals surface area (Å²) in [5.74, 6) is -3.29. The average Bonchev–Trinajstić information content (AvgIpc) is 3.05. The van der Waals surface area contributed by atoms with Crippen LogP contribution >= 0.6 is 0 Å². The summed E-state index contributed by atoms with van der Waals surface area (Å²) in [5, 5.41) is 33.2. The lowest BCUT2D eigenvalue weighted by Crippen LogP contribution is -2.32. The summed E-state index contributed by atoms with van der Waals surface area (Å²) in [6, 6.07) is -0.847. The molecule has 0 fully saturated rings. The first-order valence-electron chi connectivity index (χ1n) is 10.1. The van der Waals surface area contributed by atoms with Crippen LogP contribution in [0, 0.1) is 0 Å². The molecule has 1 aromatic rings. The van der Waals surface area contributed by atoms with E-state index in [9.17, 15) is 19.2 Å². The number of carbonyl (C=O) groups is 4. The summed E-state index contributed by atoms with van der Waals surface area (Å²) < 4.78 is 1.75. The highest BCUT2D eigenvalue weighted by atomic mass is 16.4. The van der Waals surface area contributed by atoms with Gasteiger partial charge in [0.15, 0.2) is 0 Å². The van der Waals surface area contributed by atoms with E-state index >= 15 is 0 Å².